The molecule has 0 aliphatic rings. The number of hydrogen-bond donors (Lipinski definition) is 3. The fourth-order valence-electron chi connectivity index (χ4n) is 7.34. The van der Waals surface area contributed by atoms with Gasteiger partial charge in [0.15, 0.2) is 0 Å². The highest BCUT2D eigenvalue weighted by molar-refractivity contribution is 5.67. The van der Waals surface area contributed by atoms with Gasteiger partial charge in [-0.1, -0.05) is 265 Å². The molecule has 6 heteroatoms. The number of carbonyl (C=O) groups is 3. The van der Waals surface area contributed by atoms with Gasteiger partial charge in [-0.05, 0) is 70.6 Å². The summed E-state index contributed by atoms with van der Waals surface area (Å²) in [5.41, 5.74) is 0. The summed E-state index contributed by atoms with van der Waals surface area (Å²) in [6.07, 6.45) is 62.7. The monoisotopic (exact) mass is 909 g/mol. The Morgan fingerprint density at radius 2 is 0.391 bits per heavy atom. The molecule has 0 atom stereocenters. The maximum Gasteiger partial charge on any atom is 0.303 e. The van der Waals surface area contributed by atoms with Crippen LogP contribution in [0, 0.1) is 0 Å². The highest BCUT2D eigenvalue weighted by atomic mass is 16.4. The number of hydrogen-bond acceptors (Lipinski definition) is 3. The Balaban J connectivity index is -0.000000261. The van der Waals surface area contributed by atoms with E-state index in [2.05, 4.69) is 45.1 Å². The molecule has 0 aromatic carbocycles. The van der Waals surface area contributed by atoms with E-state index in [9.17, 15) is 14.4 Å². The van der Waals surface area contributed by atoms with Gasteiger partial charge in [0.05, 0.1) is 0 Å². The van der Waals surface area contributed by atoms with Crippen LogP contribution in [0.3, 0.4) is 0 Å². The van der Waals surface area contributed by atoms with E-state index in [0.29, 0.717) is 19.3 Å². The lowest BCUT2D eigenvalue weighted by Gasteiger charge is -2.03. The average molecular weight is 910 g/mol. The normalized spacial score (nSPS) is 10.6. The molecule has 0 heterocycles. The number of rotatable bonds is 46. The molecule has 0 unspecified atom stereocenters. The van der Waals surface area contributed by atoms with Crippen LogP contribution in [-0.2, 0) is 14.4 Å². The Kier molecular flexibility index (Phi) is 80.3. The minimum atomic E-state index is -0.664. The van der Waals surface area contributed by atoms with Gasteiger partial charge in [0.2, 0.25) is 0 Å². The Morgan fingerprint density at radius 3 is 0.547 bits per heavy atom. The average Bonchev–Trinajstić information content (AvgIpc) is 3.29. The fraction of sp³-hybridized carbons (Fsp3) is 0.879. The van der Waals surface area contributed by atoms with Crippen LogP contribution in [-0.4, -0.2) is 33.2 Å². The van der Waals surface area contributed by atoms with Crippen molar-refractivity contribution in [2.24, 2.45) is 0 Å². The first-order chi connectivity index (χ1) is 31.3. The smallest absolute Gasteiger partial charge is 0.303 e. The molecule has 0 spiro atoms. The highest BCUT2D eigenvalue weighted by Crippen LogP contribution is 2.15. The molecule has 0 saturated heterocycles. The van der Waals surface area contributed by atoms with Crippen LogP contribution in [0.1, 0.15) is 331 Å². The number of allylic oxidation sites excluding steroid dienone is 4. The predicted molar refractivity (Wildman–Crippen MR) is 284 cm³/mol. The molecule has 384 valence electrons. The van der Waals surface area contributed by atoms with E-state index in [1.54, 1.807) is 0 Å². The number of aliphatic carboxylic acids is 3. The molecule has 3 N–H and O–H groups in total. The number of unbranched alkanes of at least 4 members (excludes halogenated alkanes) is 36. The second-order valence-corrected chi connectivity index (χ2v) is 17.5. The zero-order valence-electron chi connectivity index (χ0n) is 44.5. The second kappa shape index (κ2) is 72.5. The van der Waals surface area contributed by atoms with Crippen LogP contribution in [0.5, 0.6) is 0 Å². The van der Waals surface area contributed by atoms with Gasteiger partial charge in [0, 0.05) is 19.3 Å². The van der Waals surface area contributed by atoms with Gasteiger partial charge >= 0.3 is 17.9 Å². The molecule has 0 aromatic rings. The maximum atomic E-state index is 10.3. The fourth-order valence-corrected chi connectivity index (χ4v) is 7.34. The SMILES string of the molecule is CC.CC.CCCCCCCC/C=C/CCCCCCCC(=O)O.CCCCCCCC/C=C\CCCCCCCC(=O)O.CCCCCCCCCCCCCCCCCC(=O)O. The first-order valence-corrected chi connectivity index (χ1v) is 28.3. The number of carboxylic acid groups (broad SMARTS) is 3. The number of carboxylic acids is 3. The summed E-state index contributed by atoms with van der Waals surface area (Å²) in [4.78, 5) is 31.0. The first-order valence-electron chi connectivity index (χ1n) is 28.3. The van der Waals surface area contributed by atoms with E-state index in [1.807, 2.05) is 27.7 Å². The molecule has 0 aliphatic heterocycles. The van der Waals surface area contributed by atoms with Crippen molar-refractivity contribution in [3.63, 3.8) is 0 Å². The molecule has 0 rings (SSSR count). The lowest BCUT2D eigenvalue weighted by atomic mass is 10.0. The van der Waals surface area contributed by atoms with E-state index < -0.39 is 17.9 Å². The second-order valence-electron chi connectivity index (χ2n) is 17.5. The summed E-state index contributed by atoms with van der Waals surface area (Å²) in [6.45, 7) is 14.8. The lowest BCUT2D eigenvalue weighted by Crippen LogP contribution is -1.93. The largest absolute Gasteiger partial charge is 0.481 e. The lowest BCUT2D eigenvalue weighted by molar-refractivity contribution is -0.138. The standard InChI is InChI=1S/C18H36O2.2C18H34O2.2C2H6/c3*1-2-3-4-5-6-7-8-9-10-11-12-13-14-15-16-17-18(19)20;2*1-2/h2-17H2,1H3,(H,19,20);2*9-10H,2-8,11-17H2,1H3,(H,19,20);2*1-2H3/b;10-9+;10-9-;;. The van der Waals surface area contributed by atoms with Gasteiger partial charge in [0.25, 0.3) is 0 Å². The van der Waals surface area contributed by atoms with E-state index >= 15 is 0 Å². The van der Waals surface area contributed by atoms with Crippen LogP contribution < -0.4 is 0 Å². The van der Waals surface area contributed by atoms with Crippen molar-refractivity contribution < 1.29 is 29.7 Å². The Labute approximate surface area is 401 Å². The molecule has 0 fully saturated rings. The molecular weight excluding hydrogens is 793 g/mol. The summed E-state index contributed by atoms with van der Waals surface area (Å²) in [6, 6.07) is 0. The summed E-state index contributed by atoms with van der Waals surface area (Å²) >= 11 is 0. The van der Waals surface area contributed by atoms with Crippen molar-refractivity contribution in [2.45, 2.75) is 331 Å². The topological polar surface area (TPSA) is 112 Å². The molecule has 6 nitrogen and oxygen atoms in total. The van der Waals surface area contributed by atoms with Crippen molar-refractivity contribution in [2.75, 3.05) is 0 Å². The molecule has 0 bridgehead atoms. The van der Waals surface area contributed by atoms with Crippen molar-refractivity contribution in [1.82, 2.24) is 0 Å². The Morgan fingerprint density at radius 1 is 0.250 bits per heavy atom. The van der Waals surface area contributed by atoms with E-state index in [-0.39, 0.29) is 0 Å². The third-order valence-corrected chi connectivity index (χ3v) is 11.3. The van der Waals surface area contributed by atoms with E-state index in [4.69, 9.17) is 15.3 Å². The van der Waals surface area contributed by atoms with Crippen LogP contribution in [0.4, 0.5) is 0 Å². The molecule has 0 saturated carbocycles. The van der Waals surface area contributed by atoms with Gasteiger partial charge in [-0.25, -0.2) is 0 Å². The Hall–Kier alpha value is -2.11. The van der Waals surface area contributed by atoms with Crippen molar-refractivity contribution in [3.05, 3.63) is 24.3 Å². The van der Waals surface area contributed by atoms with Gasteiger partial charge in [-0.2, -0.15) is 0 Å². The zero-order valence-corrected chi connectivity index (χ0v) is 44.5. The summed E-state index contributed by atoms with van der Waals surface area (Å²) in [5.74, 6) is -1.98. The van der Waals surface area contributed by atoms with Crippen molar-refractivity contribution in [3.8, 4) is 0 Å². The minimum Gasteiger partial charge on any atom is -0.481 e. The predicted octanol–water partition coefficient (Wildman–Crippen LogP) is 20.6. The third-order valence-electron chi connectivity index (χ3n) is 11.3. The van der Waals surface area contributed by atoms with Gasteiger partial charge in [-0.3, -0.25) is 14.4 Å². The van der Waals surface area contributed by atoms with E-state index in [0.717, 1.165) is 38.5 Å². The molecular formula is C58H116O6. The summed E-state index contributed by atoms with van der Waals surface area (Å²) < 4.78 is 0. The summed E-state index contributed by atoms with van der Waals surface area (Å²) in [5, 5.41) is 25.5. The molecule has 0 amide bonds. The quantitative estimate of drug-likeness (QED) is 0.0414. The van der Waals surface area contributed by atoms with Gasteiger partial charge < -0.3 is 15.3 Å². The van der Waals surface area contributed by atoms with Crippen LogP contribution in [0.15, 0.2) is 24.3 Å². The maximum absolute atomic E-state index is 10.3. The van der Waals surface area contributed by atoms with Crippen LogP contribution in [0.25, 0.3) is 0 Å². The first kappa shape index (κ1) is 70.9. The third kappa shape index (κ3) is 86.9. The summed E-state index contributed by atoms with van der Waals surface area (Å²) in [7, 11) is 0. The molecule has 64 heavy (non-hydrogen) atoms. The molecule has 0 aliphatic carbocycles. The van der Waals surface area contributed by atoms with Crippen molar-refractivity contribution >= 4 is 17.9 Å². The van der Waals surface area contributed by atoms with Crippen LogP contribution in [0.2, 0.25) is 0 Å². The van der Waals surface area contributed by atoms with Gasteiger partial charge in [0.1, 0.15) is 0 Å². The molecule has 0 aromatic heterocycles. The highest BCUT2D eigenvalue weighted by Gasteiger charge is 1.99. The van der Waals surface area contributed by atoms with E-state index in [1.165, 1.54) is 225 Å². The van der Waals surface area contributed by atoms with Crippen molar-refractivity contribution in [1.29, 1.82) is 0 Å². The zero-order chi connectivity index (χ0) is 48.7. The molecule has 0 radical (unpaired) electrons. The van der Waals surface area contributed by atoms with Gasteiger partial charge in [-0.15, -0.1) is 0 Å². The minimum absolute atomic E-state index is 0.332. The Bertz CT molecular complexity index is 847. The van der Waals surface area contributed by atoms with Crippen LogP contribution >= 0.6 is 0 Å².